The lowest BCUT2D eigenvalue weighted by Crippen LogP contribution is -1.98. The fourth-order valence-corrected chi connectivity index (χ4v) is 1.80. The first-order valence-corrected chi connectivity index (χ1v) is 5.16. The molecule has 1 fully saturated rings. The summed E-state index contributed by atoms with van der Waals surface area (Å²) in [6.07, 6.45) is 0.0610. The van der Waals surface area contributed by atoms with Crippen molar-refractivity contribution >= 4 is 0 Å². The number of ether oxygens (including phenoxy) is 2. The standard InChI is InChI=1S/C13H16O2/c1-9-8-15-13(10(9)2)11-4-6-12(14-3)7-5-11/h4-7,9,13H,2,8H2,1,3H3/t9-,13-/m1/s1. The van der Waals surface area contributed by atoms with Crippen molar-refractivity contribution in [3.05, 3.63) is 42.0 Å². The van der Waals surface area contributed by atoms with E-state index in [0.29, 0.717) is 5.92 Å². The van der Waals surface area contributed by atoms with E-state index in [0.717, 1.165) is 17.9 Å². The van der Waals surface area contributed by atoms with Gasteiger partial charge in [-0.05, 0) is 23.3 Å². The summed E-state index contributed by atoms with van der Waals surface area (Å²) in [4.78, 5) is 0. The molecule has 15 heavy (non-hydrogen) atoms. The predicted octanol–water partition coefficient (Wildman–Crippen LogP) is 2.96. The summed E-state index contributed by atoms with van der Waals surface area (Å²) in [7, 11) is 1.67. The molecule has 0 bridgehead atoms. The van der Waals surface area contributed by atoms with Crippen LogP contribution in [0, 0.1) is 5.92 Å². The third-order valence-corrected chi connectivity index (χ3v) is 2.90. The van der Waals surface area contributed by atoms with Crippen LogP contribution < -0.4 is 4.74 Å². The van der Waals surface area contributed by atoms with Crippen LogP contribution in [0.1, 0.15) is 18.6 Å². The molecular formula is C13H16O2. The lowest BCUT2D eigenvalue weighted by Gasteiger charge is -2.12. The van der Waals surface area contributed by atoms with Gasteiger partial charge in [0, 0.05) is 5.92 Å². The summed E-state index contributed by atoms with van der Waals surface area (Å²) < 4.78 is 10.8. The molecule has 0 radical (unpaired) electrons. The molecule has 2 atom stereocenters. The Morgan fingerprint density at radius 1 is 1.33 bits per heavy atom. The van der Waals surface area contributed by atoms with E-state index in [2.05, 4.69) is 13.5 Å². The topological polar surface area (TPSA) is 18.5 Å². The third-order valence-electron chi connectivity index (χ3n) is 2.90. The lowest BCUT2D eigenvalue weighted by atomic mass is 9.97. The fraction of sp³-hybridized carbons (Fsp3) is 0.385. The van der Waals surface area contributed by atoms with Gasteiger partial charge < -0.3 is 9.47 Å². The van der Waals surface area contributed by atoms with Gasteiger partial charge in [-0.2, -0.15) is 0 Å². The number of hydrogen-bond donors (Lipinski definition) is 0. The maximum absolute atomic E-state index is 5.70. The molecule has 0 aromatic heterocycles. The molecule has 1 saturated heterocycles. The molecule has 2 nitrogen and oxygen atoms in total. The van der Waals surface area contributed by atoms with Gasteiger partial charge in [0.2, 0.25) is 0 Å². The first kappa shape index (κ1) is 10.2. The van der Waals surface area contributed by atoms with Gasteiger partial charge in [0.15, 0.2) is 0 Å². The normalized spacial score (nSPS) is 25.6. The summed E-state index contributed by atoms with van der Waals surface area (Å²) in [5, 5.41) is 0. The molecule has 1 heterocycles. The Morgan fingerprint density at radius 3 is 2.47 bits per heavy atom. The van der Waals surface area contributed by atoms with Gasteiger partial charge in [0.25, 0.3) is 0 Å². The van der Waals surface area contributed by atoms with E-state index in [1.807, 2.05) is 24.3 Å². The Morgan fingerprint density at radius 2 is 2.00 bits per heavy atom. The van der Waals surface area contributed by atoms with Crippen LogP contribution in [0.2, 0.25) is 0 Å². The van der Waals surface area contributed by atoms with Crippen molar-refractivity contribution in [2.75, 3.05) is 13.7 Å². The van der Waals surface area contributed by atoms with Gasteiger partial charge in [0.05, 0.1) is 13.7 Å². The first-order valence-electron chi connectivity index (χ1n) is 5.16. The number of methoxy groups -OCH3 is 1. The van der Waals surface area contributed by atoms with E-state index < -0.39 is 0 Å². The predicted molar refractivity (Wildman–Crippen MR) is 60.0 cm³/mol. The molecule has 0 aliphatic carbocycles. The molecule has 80 valence electrons. The maximum atomic E-state index is 5.70. The Balaban J connectivity index is 2.19. The van der Waals surface area contributed by atoms with Gasteiger partial charge in [-0.3, -0.25) is 0 Å². The van der Waals surface area contributed by atoms with Crippen molar-refractivity contribution in [3.8, 4) is 5.75 Å². The average Bonchev–Trinajstić information content (AvgIpc) is 2.60. The summed E-state index contributed by atoms with van der Waals surface area (Å²) in [5.74, 6) is 1.33. The number of benzene rings is 1. The highest BCUT2D eigenvalue weighted by Crippen LogP contribution is 2.36. The molecule has 0 spiro atoms. The molecule has 2 rings (SSSR count). The van der Waals surface area contributed by atoms with E-state index >= 15 is 0 Å². The van der Waals surface area contributed by atoms with Crippen molar-refractivity contribution in [3.63, 3.8) is 0 Å². The summed E-state index contributed by atoms with van der Waals surface area (Å²) in [6.45, 7) is 7.00. The van der Waals surface area contributed by atoms with E-state index in [-0.39, 0.29) is 6.10 Å². The molecule has 1 aromatic rings. The van der Waals surface area contributed by atoms with E-state index in [4.69, 9.17) is 9.47 Å². The van der Waals surface area contributed by atoms with E-state index in [1.54, 1.807) is 7.11 Å². The largest absolute Gasteiger partial charge is 0.497 e. The number of rotatable bonds is 2. The summed E-state index contributed by atoms with van der Waals surface area (Å²) >= 11 is 0. The zero-order chi connectivity index (χ0) is 10.8. The van der Waals surface area contributed by atoms with Crippen molar-refractivity contribution in [2.24, 2.45) is 5.92 Å². The average molecular weight is 204 g/mol. The van der Waals surface area contributed by atoms with Crippen LogP contribution in [0.4, 0.5) is 0 Å². The Hall–Kier alpha value is -1.28. The van der Waals surface area contributed by atoms with E-state index in [9.17, 15) is 0 Å². The van der Waals surface area contributed by atoms with Crippen molar-refractivity contribution in [1.82, 2.24) is 0 Å². The highest BCUT2D eigenvalue weighted by atomic mass is 16.5. The Labute approximate surface area is 90.5 Å². The van der Waals surface area contributed by atoms with Crippen LogP contribution in [0.15, 0.2) is 36.4 Å². The van der Waals surface area contributed by atoms with Gasteiger partial charge in [0.1, 0.15) is 11.9 Å². The van der Waals surface area contributed by atoms with Crippen LogP contribution >= 0.6 is 0 Å². The van der Waals surface area contributed by atoms with Crippen LogP contribution in [0.5, 0.6) is 5.75 Å². The van der Waals surface area contributed by atoms with Crippen LogP contribution in [-0.2, 0) is 4.74 Å². The van der Waals surface area contributed by atoms with Gasteiger partial charge in [-0.1, -0.05) is 25.6 Å². The fourth-order valence-electron chi connectivity index (χ4n) is 1.80. The van der Waals surface area contributed by atoms with Gasteiger partial charge in [-0.15, -0.1) is 0 Å². The maximum Gasteiger partial charge on any atom is 0.118 e. The SMILES string of the molecule is C=C1[C@H](C)CO[C@H]1c1ccc(OC)cc1. The van der Waals surface area contributed by atoms with Crippen LogP contribution in [0.25, 0.3) is 0 Å². The highest BCUT2D eigenvalue weighted by Gasteiger charge is 2.27. The van der Waals surface area contributed by atoms with Crippen LogP contribution in [-0.4, -0.2) is 13.7 Å². The number of hydrogen-bond acceptors (Lipinski definition) is 2. The van der Waals surface area contributed by atoms with Gasteiger partial charge >= 0.3 is 0 Å². The second-order valence-electron chi connectivity index (χ2n) is 3.96. The van der Waals surface area contributed by atoms with Crippen LogP contribution in [0.3, 0.4) is 0 Å². The van der Waals surface area contributed by atoms with Crippen molar-refractivity contribution in [2.45, 2.75) is 13.0 Å². The first-order chi connectivity index (χ1) is 7.22. The molecule has 1 aliphatic rings. The van der Waals surface area contributed by atoms with E-state index in [1.165, 1.54) is 5.57 Å². The highest BCUT2D eigenvalue weighted by molar-refractivity contribution is 5.33. The zero-order valence-electron chi connectivity index (χ0n) is 9.19. The molecule has 1 aliphatic heterocycles. The quantitative estimate of drug-likeness (QED) is 0.689. The molecule has 2 heteroatoms. The molecule has 0 N–H and O–H groups in total. The third kappa shape index (κ3) is 1.90. The minimum absolute atomic E-state index is 0.0610. The Bertz CT molecular complexity index is 353. The second kappa shape index (κ2) is 4.07. The summed E-state index contributed by atoms with van der Waals surface area (Å²) in [5.41, 5.74) is 2.32. The molecule has 1 aromatic carbocycles. The minimum atomic E-state index is 0.0610. The van der Waals surface area contributed by atoms with Gasteiger partial charge in [-0.25, -0.2) is 0 Å². The summed E-state index contributed by atoms with van der Waals surface area (Å²) in [6, 6.07) is 7.98. The molecule has 0 unspecified atom stereocenters. The zero-order valence-corrected chi connectivity index (χ0v) is 9.19. The molecular weight excluding hydrogens is 188 g/mol. The van der Waals surface area contributed by atoms with Crippen molar-refractivity contribution in [1.29, 1.82) is 0 Å². The lowest BCUT2D eigenvalue weighted by molar-refractivity contribution is 0.118. The minimum Gasteiger partial charge on any atom is -0.497 e. The monoisotopic (exact) mass is 204 g/mol. The second-order valence-corrected chi connectivity index (χ2v) is 3.96. The van der Waals surface area contributed by atoms with Crippen molar-refractivity contribution < 1.29 is 9.47 Å². The smallest absolute Gasteiger partial charge is 0.118 e. The molecule has 0 amide bonds. The molecule has 0 saturated carbocycles. The Kier molecular flexibility index (Phi) is 2.78.